The summed E-state index contributed by atoms with van der Waals surface area (Å²) in [7, 11) is 0. The maximum Gasteiger partial charge on any atom is 0.152 e. The van der Waals surface area contributed by atoms with E-state index in [2.05, 4.69) is 10.5 Å². The molecule has 3 heteroatoms. The molecule has 0 aliphatic carbocycles. The molecule has 1 nitrogen and oxygen atoms in total. The van der Waals surface area contributed by atoms with Crippen LogP contribution in [0.5, 0.6) is 0 Å². The van der Waals surface area contributed by atoms with Crippen molar-refractivity contribution in [2.75, 3.05) is 0 Å². The summed E-state index contributed by atoms with van der Waals surface area (Å²) in [6, 6.07) is 7.82. The van der Waals surface area contributed by atoms with Crippen molar-refractivity contribution in [1.82, 2.24) is 4.98 Å². The van der Waals surface area contributed by atoms with Crippen molar-refractivity contribution in [3.05, 3.63) is 51.4 Å². The van der Waals surface area contributed by atoms with Crippen molar-refractivity contribution in [2.24, 2.45) is 0 Å². The average Bonchev–Trinajstić information content (AvgIpc) is 2.62. The standard InChI is InChI=1S/C10H7ClNS/c11-9-3-1-8(2-4-9)5-10-6-13-7-12-10/h1-4,6H,5H2. The summed E-state index contributed by atoms with van der Waals surface area (Å²) in [6.45, 7) is 0. The average molecular weight is 209 g/mol. The zero-order valence-corrected chi connectivity index (χ0v) is 8.40. The molecule has 0 atom stereocenters. The van der Waals surface area contributed by atoms with E-state index in [0.717, 1.165) is 17.1 Å². The lowest BCUT2D eigenvalue weighted by Crippen LogP contribution is -1.86. The Balaban J connectivity index is 2.15. The van der Waals surface area contributed by atoms with Crippen LogP contribution in [0.25, 0.3) is 0 Å². The molecule has 1 heterocycles. The molecule has 0 amide bonds. The first-order valence-electron chi connectivity index (χ1n) is 3.89. The number of benzene rings is 1. The maximum absolute atomic E-state index is 5.77. The lowest BCUT2D eigenvalue weighted by atomic mass is 10.1. The highest BCUT2D eigenvalue weighted by Crippen LogP contribution is 2.13. The lowest BCUT2D eigenvalue weighted by molar-refractivity contribution is 1.10. The number of halogens is 1. The fourth-order valence-corrected chi connectivity index (χ4v) is 1.72. The third-order valence-corrected chi connectivity index (χ3v) is 2.57. The third-order valence-electron chi connectivity index (χ3n) is 1.74. The van der Waals surface area contributed by atoms with Crippen LogP contribution in [0.4, 0.5) is 0 Å². The number of nitrogens with zero attached hydrogens (tertiary/aromatic N) is 1. The Morgan fingerprint density at radius 1 is 1.31 bits per heavy atom. The molecular formula is C10H7ClNS. The fourth-order valence-electron chi connectivity index (χ4n) is 1.10. The Morgan fingerprint density at radius 2 is 2.08 bits per heavy atom. The second-order valence-electron chi connectivity index (χ2n) is 2.73. The summed E-state index contributed by atoms with van der Waals surface area (Å²) < 4.78 is 0. The van der Waals surface area contributed by atoms with Crippen molar-refractivity contribution in [3.8, 4) is 0 Å². The number of hydrogen-bond donors (Lipinski definition) is 0. The maximum atomic E-state index is 5.77. The zero-order chi connectivity index (χ0) is 9.10. The molecule has 1 aromatic carbocycles. The molecule has 1 aromatic heterocycles. The smallest absolute Gasteiger partial charge is 0.152 e. The number of aromatic nitrogens is 1. The van der Waals surface area contributed by atoms with Crippen molar-refractivity contribution < 1.29 is 0 Å². The quantitative estimate of drug-likeness (QED) is 0.739. The van der Waals surface area contributed by atoms with Crippen molar-refractivity contribution >= 4 is 22.9 Å². The molecule has 65 valence electrons. The van der Waals surface area contributed by atoms with Gasteiger partial charge in [-0.1, -0.05) is 23.7 Å². The normalized spacial score (nSPS) is 10.2. The van der Waals surface area contributed by atoms with Crippen LogP contribution in [0.3, 0.4) is 0 Å². The number of rotatable bonds is 2. The van der Waals surface area contributed by atoms with Crippen LogP contribution in [0, 0.1) is 5.51 Å². The molecule has 0 aliphatic rings. The molecule has 0 saturated carbocycles. The minimum absolute atomic E-state index is 0.772. The number of thiazole rings is 1. The van der Waals surface area contributed by atoms with E-state index in [1.54, 1.807) is 0 Å². The van der Waals surface area contributed by atoms with E-state index in [1.165, 1.54) is 16.9 Å². The largest absolute Gasteiger partial charge is 0.238 e. The molecular weight excluding hydrogens is 202 g/mol. The first-order chi connectivity index (χ1) is 6.34. The Morgan fingerprint density at radius 3 is 2.69 bits per heavy atom. The topological polar surface area (TPSA) is 12.9 Å². The fraction of sp³-hybridized carbons (Fsp3) is 0.100. The highest BCUT2D eigenvalue weighted by molar-refractivity contribution is 7.07. The second-order valence-corrected chi connectivity index (χ2v) is 3.82. The molecule has 0 N–H and O–H groups in total. The monoisotopic (exact) mass is 208 g/mol. The summed E-state index contributed by atoms with van der Waals surface area (Å²) >= 11 is 7.27. The van der Waals surface area contributed by atoms with Crippen LogP contribution in [0.1, 0.15) is 11.3 Å². The summed E-state index contributed by atoms with van der Waals surface area (Å²) in [5, 5.41) is 2.78. The van der Waals surface area contributed by atoms with Gasteiger partial charge in [-0.3, -0.25) is 0 Å². The van der Waals surface area contributed by atoms with E-state index in [9.17, 15) is 0 Å². The van der Waals surface area contributed by atoms with Gasteiger partial charge in [-0.05, 0) is 17.7 Å². The van der Waals surface area contributed by atoms with E-state index in [0.29, 0.717) is 0 Å². The van der Waals surface area contributed by atoms with Crippen LogP contribution in [0.15, 0.2) is 29.6 Å². The first-order valence-corrected chi connectivity index (χ1v) is 5.15. The number of hydrogen-bond acceptors (Lipinski definition) is 2. The van der Waals surface area contributed by atoms with Gasteiger partial charge in [-0.2, -0.15) is 0 Å². The lowest BCUT2D eigenvalue weighted by Gasteiger charge is -1.97. The summed E-state index contributed by atoms with van der Waals surface area (Å²) in [6.07, 6.45) is 0.858. The predicted octanol–water partition coefficient (Wildman–Crippen LogP) is 3.19. The van der Waals surface area contributed by atoms with E-state index < -0.39 is 0 Å². The zero-order valence-electron chi connectivity index (χ0n) is 6.83. The highest BCUT2D eigenvalue weighted by Gasteiger charge is 1.97. The van der Waals surface area contributed by atoms with Gasteiger partial charge in [-0.15, -0.1) is 11.3 Å². The second kappa shape index (κ2) is 3.90. The molecule has 0 unspecified atom stereocenters. The molecule has 0 bridgehead atoms. The SMILES string of the molecule is Clc1ccc(Cc2cs[c]n2)cc1. The molecule has 13 heavy (non-hydrogen) atoms. The van der Waals surface area contributed by atoms with Crippen LogP contribution < -0.4 is 0 Å². The Bertz CT molecular complexity index is 366. The minimum atomic E-state index is 0.772. The van der Waals surface area contributed by atoms with Crippen LogP contribution in [0.2, 0.25) is 5.02 Å². The van der Waals surface area contributed by atoms with Crippen LogP contribution in [-0.4, -0.2) is 4.98 Å². The van der Waals surface area contributed by atoms with E-state index in [1.807, 2.05) is 29.6 Å². The summed E-state index contributed by atoms with van der Waals surface area (Å²) in [4.78, 5) is 4.09. The molecule has 0 aliphatic heterocycles. The Kier molecular flexibility index (Phi) is 2.62. The van der Waals surface area contributed by atoms with Gasteiger partial charge in [-0.25, -0.2) is 4.98 Å². The Hall–Kier alpha value is -0.860. The third kappa shape index (κ3) is 2.29. The summed E-state index contributed by atoms with van der Waals surface area (Å²) in [5.74, 6) is 0. The van der Waals surface area contributed by atoms with Gasteiger partial charge < -0.3 is 0 Å². The first kappa shape index (κ1) is 8.73. The van der Waals surface area contributed by atoms with Gasteiger partial charge in [0, 0.05) is 16.8 Å². The van der Waals surface area contributed by atoms with Crippen LogP contribution >= 0.6 is 22.9 Å². The minimum Gasteiger partial charge on any atom is -0.238 e. The van der Waals surface area contributed by atoms with Gasteiger partial charge in [0.2, 0.25) is 0 Å². The van der Waals surface area contributed by atoms with Gasteiger partial charge in [0.15, 0.2) is 5.51 Å². The van der Waals surface area contributed by atoms with E-state index >= 15 is 0 Å². The molecule has 0 saturated heterocycles. The van der Waals surface area contributed by atoms with Crippen molar-refractivity contribution in [3.63, 3.8) is 0 Å². The van der Waals surface area contributed by atoms with Crippen molar-refractivity contribution in [2.45, 2.75) is 6.42 Å². The predicted molar refractivity (Wildman–Crippen MR) is 55.2 cm³/mol. The molecule has 1 radical (unpaired) electrons. The van der Waals surface area contributed by atoms with Crippen molar-refractivity contribution in [1.29, 1.82) is 0 Å². The van der Waals surface area contributed by atoms with E-state index in [4.69, 9.17) is 11.6 Å². The van der Waals surface area contributed by atoms with Gasteiger partial charge in [0.05, 0.1) is 5.69 Å². The van der Waals surface area contributed by atoms with E-state index in [-0.39, 0.29) is 0 Å². The molecule has 2 rings (SSSR count). The molecule has 0 fully saturated rings. The van der Waals surface area contributed by atoms with Gasteiger partial charge >= 0.3 is 0 Å². The van der Waals surface area contributed by atoms with Gasteiger partial charge in [0.25, 0.3) is 0 Å². The molecule has 2 aromatic rings. The highest BCUT2D eigenvalue weighted by atomic mass is 35.5. The molecule has 0 spiro atoms. The Labute approximate surface area is 86.0 Å². The van der Waals surface area contributed by atoms with Gasteiger partial charge in [0.1, 0.15) is 0 Å². The van der Waals surface area contributed by atoms with Crippen LogP contribution in [-0.2, 0) is 6.42 Å². The summed E-state index contributed by atoms with van der Waals surface area (Å²) in [5.41, 5.74) is 5.11.